The van der Waals surface area contributed by atoms with E-state index in [1.807, 2.05) is 30.3 Å². The van der Waals surface area contributed by atoms with E-state index in [0.717, 1.165) is 11.3 Å². The number of amides is 2. The largest absolute Gasteiger partial charge is 0.493 e. The highest BCUT2D eigenvalue weighted by molar-refractivity contribution is 7.80. The maximum atomic E-state index is 12.8. The predicted octanol–water partition coefficient (Wildman–Crippen LogP) is 4.51. The number of nitrogens with one attached hydrogen (secondary N) is 2. The van der Waals surface area contributed by atoms with Gasteiger partial charge >= 0.3 is 0 Å². The molecule has 0 aliphatic rings. The van der Waals surface area contributed by atoms with Gasteiger partial charge in [-0.15, -0.1) is 0 Å². The van der Waals surface area contributed by atoms with E-state index in [4.69, 9.17) is 21.7 Å². The SMILES string of the molecule is COc1ccc(/C=C/C(=O)NC(=S)Nc2cccc(C(=O)N(C)c3ccccc3)c2)cc1OC. The van der Waals surface area contributed by atoms with Crippen LogP contribution in [0.15, 0.2) is 78.9 Å². The van der Waals surface area contributed by atoms with Gasteiger partial charge in [-0.1, -0.05) is 30.3 Å². The lowest BCUT2D eigenvalue weighted by Crippen LogP contribution is -2.33. The molecule has 0 bridgehead atoms. The van der Waals surface area contributed by atoms with Crippen LogP contribution in [0, 0.1) is 0 Å². The van der Waals surface area contributed by atoms with Gasteiger partial charge in [0.15, 0.2) is 16.6 Å². The molecule has 2 amide bonds. The Kier molecular flexibility index (Phi) is 8.37. The van der Waals surface area contributed by atoms with Crippen molar-refractivity contribution in [2.45, 2.75) is 0 Å². The number of ether oxygens (including phenoxy) is 2. The summed E-state index contributed by atoms with van der Waals surface area (Å²) < 4.78 is 10.5. The standard InChI is InChI=1S/C26H25N3O4S/c1-29(21-10-5-4-6-11-21)25(31)19-8-7-9-20(17-19)27-26(34)28-24(30)15-13-18-12-14-22(32-2)23(16-18)33-3/h4-17H,1-3H3,(H2,27,28,30,34)/b15-13+. The second kappa shape index (κ2) is 11.6. The molecule has 0 atom stereocenters. The molecule has 0 radical (unpaired) electrons. The molecule has 3 aromatic carbocycles. The number of methoxy groups -OCH3 is 2. The highest BCUT2D eigenvalue weighted by Gasteiger charge is 2.14. The molecule has 0 fully saturated rings. The van der Waals surface area contributed by atoms with Gasteiger partial charge < -0.3 is 19.7 Å². The summed E-state index contributed by atoms with van der Waals surface area (Å²) >= 11 is 5.24. The summed E-state index contributed by atoms with van der Waals surface area (Å²) in [6.45, 7) is 0. The number of carbonyl (C=O) groups is 2. The van der Waals surface area contributed by atoms with Crippen LogP contribution in [0.5, 0.6) is 11.5 Å². The van der Waals surface area contributed by atoms with Crippen molar-refractivity contribution in [1.29, 1.82) is 0 Å². The summed E-state index contributed by atoms with van der Waals surface area (Å²) in [6, 6.07) is 21.6. The molecular weight excluding hydrogens is 450 g/mol. The van der Waals surface area contributed by atoms with Crippen molar-refractivity contribution in [3.05, 3.63) is 90.0 Å². The molecule has 3 rings (SSSR count). The van der Waals surface area contributed by atoms with E-state index < -0.39 is 5.91 Å². The molecule has 0 heterocycles. The van der Waals surface area contributed by atoms with Crippen LogP contribution in [0.25, 0.3) is 6.08 Å². The molecule has 3 aromatic rings. The maximum absolute atomic E-state index is 12.8. The summed E-state index contributed by atoms with van der Waals surface area (Å²) in [5.74, 6) is 0.603. The second-order valence-corrected chi connectivity index (χ2v) is 7.58. The first kappa shape index (κ1) is 24.5. The maximum Gasteiger partial charge on any atom is 0.258 e. The zero-order valence-corrected chi connectivity index (χ0v) is 19.9. The van der Waals surface area contributed by atoms with Crippen LogP contribution in [0.3, 0.4) is 0 Å². The number of thiocarbonyl (C=S) groups is 1. The summed E-state index contributed by atoms with van der Waals surface area (Å²) in [7, 11) is 4.82. The number of rotatable bonds is 7. The fourth-order valence-corrected chi connectivity index (χ4v) is 3.36. The summed E-state index contributed by atoms with van der Waals surface area (Å²) in [4.78, 5) is 26.7. The van der Waals surface area contributed by atoms with Gasteiger partial charge in [0, 0.05) is 30.1 Å². The fraction of sp³-hybridized carbons (Fsp3) is 0.115. The highest BCUT2D eigenvalue weighted by atomic mass is 32.1. The fourth-order valence-electron chi connectivity index (χ4n) is 3.14. The van der Waals surface area contributed by atoms with Gasteiger partial charge in [-0.3, -0.25) is 14.9 Å². The van der Waals surface area contributed by atoms with Gasteiger partial charge in [0.05, 0.1) is 14.2 Å². The topological polar surface area (TPSA) is 79.9 Å². The zero-order valence-electron chi connectivity index (χ0n) is 19.1. The van der Waals surface area contributed by atoms with Gasteiger partial charge in [-0.05, 0) is 66.3 Å². The number of benzene rings is 3. The number of nitrogens with zero attached hydrogens (tertiary/aromatic N) is 1. The van der Waals surface area contributed by atoms with Crippen molar-refractivity contribution in [3.63, 3.8) is 0 Å². The van der Waals surface area contributed by atoms with E-state index in [-0.39, 0.29) is 11.0 Å². The first-order valence-corrected chi connectivity index (χ1v) is 10.8. The van der Waals surface area contributed by atoms with Crippen molar-refractivity contribution in [1.82, 2.24) is 5.32 Å². The second-order valence-electron chi connectivity index (χ2n) is 7.17. The smallest absolute Gasteiger partial charge is 0.258 e. The number of hydrogen-bond acceptors (Lipinski definition) is 5. The summed E-state index contributed by atoms with van der Waals surface area (Å²) in [6.07, 6.45) is 3.00. The van der Waals surface area contributed by atoms with Gasteiger partial charge in [0.1, 0.15) is 0 Å². The third kappa shape index (κ3) is 6.43. The Hall–Kier alpha value is -4.17. The van der Waals surface area contributed by atoms with Gasteiger partial charge in [-0.25, -0.2) is 0 Å². The van der Waals surface area contributed by atoms with Crippen molar-refractivity contribution in [3.8, 4) is 11.5 Å². The van der Waals surface area contributed by atoms with Crippen LogP contribution in [-0.2, 0) is 4.79 Å². The van der Waals surface area contributed by atoms with Crippen molar-refractivity contribution < 1.29 is 19.1 Å². The Morgan fingerprint density at radius 1 is 0.912 bits per heavy atom. The zero-order chi connectivity index (χ0) is 24.5. The van der Waals surface area contributed by atoms with E-state index >= 15 is 0 Å². The Morgan fingerprint density at radius 3 is 2.35 bits per heavy atom. The molecule has 34 heavy (non-hydrogen) atoms. The third-order valence-electron chi connectivity index (χ3n) is 4.89. The minimum Gasteiger partial charge on any atom is -0.493 e. The third-order valence-corrected chi connectivity index (χ3v) is 5.09. The lowest BCUT2D eigenvalue weighted by molar-refractivity contribution is -0.115. The minimum absolute atomic E-state index is 0.114. The number of para-hydroxylation sites is 1. The Labute approximate surface area is 204 Å². The molecule has 0 unspecified atom stereocenters. The molecule has 0 saturated carbocycles. The molecule has 7 nitrogen and oxygen atoms in total. The molecule has 0 aliphatic carbocycles. The molecule has 8 heteroatoms. The molecular formula is C26H25N3O4S. The van der Waals surface area contributed by atoms with Crippen LogP contribution >= 0.6 is 12.2 Å². The van der Waals surface area contributed by atoms with Crippen LogP contribution < -0.4 is 25.0 Å². The highest BCUT2D eigenvalue weighted by Crippen LogP contribution is 2.28. The van der Waals surface area contributed by atoms with E-state index in [1.54, 1.807) is 74.7 Å². The van der Waals surface area contributed by atoms with Crippen LogP contribution in [-0.4, -0.2) is 38.2 Å². The first-order valence-electron chi connectivity index (χ1n) is 10.4. The van der Waals surface area contributed by atoms with E-state index in [2.05, 4.69) is 10.6 Å². The Bertz CT molecular complexity index is 1210. The van der Waals surface area contributed by atoms with Gasteiger partial charge in [0.2, 0.25) is 5.91 Å². The molecule has 0 saturated heterocycles. The van der Waals surface area contributed by atoms with Crippen molar-refractivity contribution in [2.24, 2.45) is 0 Å². The number of anilines is 2. The average Bonchev–Trinajstić information content (AvgIpc) is 2.86. The van der Waals surface area contributed by atoms with E-state index in [0.29, 0.717) is 22.7 Å². The molecule has 0 aliphatic heterocycles. The quantitative estimate of drug-likeness (QED) is 0.387. The normalized spacial score (nSPS) is 10.4. The van der Waals surface area contributed by atoms with Gasteiger partial charge in [-0.2, -0.15) is 0 Å². The number of carbonyl (C=O) groups excluding carboxylic acids is 2. The van der Waals surface area contributed by atoms with Crippen molar-refractivity contribution in [2.75, 3.05) is 31.5 Å². The van der Waals surface area contributed by atoms with Gasteiger partial charge in [0.25, 0.3) is 5.91 Å². The average molecular weight is 476 g/mol. The Balaban J connectivity index is 1.60. The lowest BCUT2D eigenvalue weighted by Gasteiger charge is -2.18. The predicted molar refractivity (Wildman–Crippen MR) is 139 cm³/mol. The minimum atomic E-state index is -0.400. The van der Waals surface area contributed by atoms with Crippen LogP contribution in [0.2, 0.25) is 0 Å². The lowest BCUT2D eigenvalue weighted by atomic mass is 10.1. The van der Waals surface area contributed by atoms with E-state index in [1.165, 1.54) is 6.08 Å². The molecule has 2 N–H and O–H groups in total. The molecule has 0 aromatic heterocycles. The number of hydrogen-bond donors (Lipinski definition) is 2. The molecule has 174 valence electrons. The van der Waals surface area contributed by atoms with Crippen LogP contribution in [0.4, 0.5) is 11.4 Å². The summed E-state index contributed by atoms with van der Waals surface area (Å²) in [5, 5.41) is 5.64. The summed E-state index contributed by atoms with van der Waals surface area (Å²) in [5.41, 5.74) is 2.62. The first-order chi connectivity index (χ1) is 16.4. The molecule has 0 spiro atoms. The van der Waals surface area contributed by atoms with Crippen LogP contribution in [0.1, 0.15) is 15.9 Å². The monoisotopic (exact) mass is 475 g/mol. The van der Waals surface area contributed by atoms with E-state index in [9.17, 15) is 9.59 Å². The Morgan fingerprint density at radius 2 is 1.65 bits per heavy atom. The van der Waals surface area contributed by atoms with Crippen molar-refractivity contribution >= 4 is 46.6 Å².